The average Bonchev–Trinajstić information content (AvgIpc) is 2.51. The first kappa shape index (κ1) is 15.5. The summed E-state index contributed by atoms with van der Waals surface area (Å²) in [5.74, 6) is 1.91. The molecule has 1 aliphatic heterocycles. The lowest BCUT2D eigenvalue weighted by Gasteiger charge is -2.44. The van der Waals surface area contributed by atoms with Gasteiger partial charge in [-0.2, -0.15) is 0 Å². The summed E-state index contributed by atoms with van der Waals surface area (Å²) < 4.78 is 6.34. The van der Waals surface area contributed by atoms with Crippen LogP contribution in [-0.2, 0) is 9.53 Å². The summed E-state index contributed by atoms with van der Waals surface area (Å²) in [6.07, 6.45) is 3.47. The quantitative estimate of drug-likeness (QED) is 0.861. The van der Waals surface area contributed by atoms with Crippen LogP contribution in [0.3, 0.4) is 0 Å². The Morgan fingerprint density at radius 2 is 1.91 bits per heavy atom. The van der Waals surface area contributed by atoms with Crippen molar-refractivity contribution >= 4 is 5.91 Å². The largest absolute Gasteiger partial charge is 0.362 e. The van der Waals surface area contributed by atoms with Gasteiger partial charge in [0.2, 0.25) is 0 Å². The number of rotatable bonds is 4. The van der Waals surface area contributed by atoms with Gasteiger partial charge in [-0.1, -0.05) is 57.5 Å². The minimum atomic E-state index is -0.320. The second-order valence-electron chi connectivity index (χ2n) is 7.32. The zero-order chi connectivity index (χ0) is 15.7. The van der Waals surface area contributed by atoms with Gasteiger partial charge in [0.15, 0.2) is 6.10 Å². The van der Waals surface area contributed by atoms with Crippen LogP contribution in [0.4, 0.5) is 0 Å². The fraction of sp³-hybridized carbons (Fsp3) is 0.632. The molecule has 1 aliphatic carbocycles. The second-order valence-corrected chi connectivity index (χ2v) is 7.32. The number of benzene rings is 1. The second kappa shape index (κ2) is 6.41. The van der Waals surface area contributed by atoms with Crippen LogP contribution in [0.25, 0.3) is 0 Å². The summed E-state index contributed by atoms with van der Waals surface area (Å²) >= 11 is 0. The monoisotopic (exact) mass is 301 g/mol. The van der Waals surface area contributed by atoms with E-state index in [4.69, 9.17) is 4.74 Å². The third-order valence-corrected chi connectivity index (χ3v) is 5.30. The number of nitrogens with one attached hydrogen (secondary N) is 1. The molecule has 120 valence electrons. The lowest BCUT2D eigenvalue weighted by atomic mass is 9.75. The summed E-state index contributed by atoms with van der Waals surface area (Å²) in [5, 5.41) is 2.99. The molecule has 1 amide bonds. The van der Waals surface area contributed by atoms with Crippen LogP contribution in [0.1, 0.15) is 51.6 Å². The van der Waals surface area contributed by atoms with E-state index >= 15 is 0 Å². The average molecular weight is 301 g/mol. The predicted octanol–water partition coefficient (Wildman–Crippen LogP) is 3.70. The Kier molecular flexibility index (Phi) is 4.53. The molecule has 1 heterocycles. The van der Waals surface area contributed by atoms with E-state index in [1.165, 1.54) is 12.8 Å². The van der Waals surface area contributed by atoms with Gasteiger partial charge >= 0.3 is 0 Å². The van der Waals surface area contributed by atoms with Crippen molar-refractivity contribution in [3.8, 4) is 0 Å². The van der Waals surface area contributed by atoms with E-state index < -0.39 is 0 Å². The highest BCUT2D eigenvalue weighted by molar-refractivity contribution is 5.88. The van der Waals surface area contributed by atoms with E-state index in [0.717, 1.165) is 12.0 Å². The Morgan fingerprint density at radius 1 is 1.18 bits per heavy atom. The molecule has 2 aliphatic rings. The molecule has 3 rings (SSSR count). The first-order valence-electron chi connectivity index (χ1n) is 8.57. The molecule has 1 aromatic carbocycles. The lowest BCUT2D eigenvalue weighted by Crippen LogP contribution is -2.59. The van der Waals surface area contributed by atoms with Crippen molar-refractivity contribution in [3.05, 3.63) is 35.9 Å². The number of amides is 1. The molecule has 22 heavy (non-hydrogen) atoms. The first-order chi connectivity index (χ1) is 10.6. The summed E-state index contributed by atoms with van der Waals surface area (Å²) in [4.78, 5) is 12.0. The number of hydrogen-bond acceptors (Lipinski definition) is 2. The molecule has 1 saturated carbocycles. The molecular weight excluding hydrogens is 274 g/mol. The van der Waals surface area contributed by atoms with Crippen molar-refractivity contribution < 1.29 is 9.53 Å². The van der Waals surface area contributed by atoms with Gasteiger partial charge in [0.05, 0.1) is 12.1 Å². The van der Waals surface area contributed by atoms with Crippen LogP contribution in [0.5, 0.6) is 0 Å². The number of β-lactam (4-membered cyclic amide) rings is 1. The van der Waals surface area contributed by atoms with E-state index in [-0.39, 0.29) is 24.2 Å². The van der Waals surface area contributed by atoms with E-state index in [1.807, 2.05) is 18.2 Å². The molecule has 1 saturated heterocycles. The first-order valence-corrected chi connectivity index (χ1v) is 8.57. The van der Waals surface area contributed by atoms with Gasteiger partial charge in [-0.05, 0) is 36.2 Å². The summed E-state index contributed by atoms with van der Waals surface area (Å²) in [5.41, 5.74) is 1.14. The van der Waals surface area contributed by atoms with Crippen LogP contribution < -0.4 is 5.32 Å². The normalized spacial score (nSPS) is 35.1. The maximum absolute atomic E-state index is 12.0. The van der Waals surface area contributed by atoms with Crippen molar-refractivity contribution in [2.75, 3.05) is 0 Å². The molecule has 3 unspecified atom stereocenters. The summed E-state index contributed by atoms with van der Waals surface area (Å²) in [6.45, 7) is 6.83. The van der Waals surface area contributed by atoms with Crippen molar-refractivity contribution in [2.45, 2.75) is 58.3 Å². The third kappa shape index (κ3) is 3.05. The fourth-order valence-electron chi connectivity index (χ4n) is 3.88. The minimum absolute atomic E-state index is 0.0127. The van der Waals surface area contributed by atoms with E-state index in [1.54, 1.807) is 0 Å². The maximum atomic E-state index is 12.0. The standard InChI is InChI=1S/C19H27NO2/c1-12(2)15-10-9-13(3)11-16(15)22-18-17(20-19(18)21)14-7-5-4-6-8-14/h4-8,12-13,15-18H,9-11H2,1-3H3,(H,20,21)/t13?,15?,16?,17-,18+/m1/s1. The molecule has 0 bridgehead atoms. The zero-order valence-electron chi connectivity index (χ0n) is 13.8. The van der Waals surface area contributed by atoms with Gasteiger partial charge in [-0.3, -0.25) is 4.79 Å². The van der Waals surface area contributed by atoms with Gasteiger partial charge in [0, 0.05) is 0 Å². The highest BCUT2D eigenvalue weighted by Gasteiger charge is 2.44. The molecular formula is C19H27NO2. The molecule has 5 atom stereocenters. The third-order valence-electron chi connectivity index (χ3n) is 5.30. The Labute approximate surface area is 133 Å². The Bertz CT molecular complexity index is 513. The number of carbonyl (C=O) groups is 1. The Balaban J connectivity index is 1.71. The van der Waals surface area contributed by atoms with Crippen LogP contribution in [0.2, 0.25) is 0 Å². The summed E-state index contributed by atoms with van der Waals surface area (Å²) in [6, 6.07) is 10.1. The molecule has 1 aromatic rings. The van der Waals surface area contributed by atoms with Crippen molar-refractivity contribution in [1.82, 2.24) is 5.32 Å². The van der Waals surface area contributed by atoms with E-state index in [0.29, 0.717) is 17.8 Å². The van der Waals surface area contributed by atoms with Crippen LogP contribution in [-0.4, -0.2) is 18.1 Å². The smallest absolute Gasteiger partial charge is 0.252 e. The number of ether oxygens (including phenoxy) is 1. The number of hydrogen-bond donors (Lipinski definition) is 1. The Morgan fingerprint density at radius 3 is 2.55 bits per heavy atom. The number of carbonyl (C=O) groups excluding carboxylic acids is 1. The molecule has 1 N–H and O–H groups in total. The van der Waals surface area contributed by atoms with Crippen molar-refractivity contribution in [1.29, 1.82) is 0 Å². The van der Waals surface area contributed by atoms with Crippen LogP contribution in [0, 0.1) is 17.8 Å². The predicted molar refractivity (Wildman–Crippen MR) is 87.3 cm³/mol. The topological polar surface area (TPSA) is 38.3 Å². The fourth-order valence-corrected chi connectivity index (χ4v) is 3.88. The maximum Gasteiger partial charge on any atom is 0.252 e. The van der Waals surface area contributed by atoms with Gasteiger partial charge in [-0.15, -0.1) is 0 Å². The van der Waals surface area contributed by atoms with Gasteiger partial charge in [0.1, 0.15) is 0 Å². The van der Waals surface area contributed by atoms with Crippen molar-refractivity contribution in [3.63, 3.8) is 0 Å². The zero-order valence-corrected chi connectivity index (χ0v) is 13.8. The van der Waals surface area contributed by atoms with Gasteiger partial charge < -0.3 is 10.1 Å². The molecule has 2 fully saturated rings. The molecule has 0 aromatic heterocycles. The van der Waals surface area contributed by atoms with Crippen LogP contribution >= 0.6 is 0 Å². The van der Waals surface area contributed by atoms with Gasteiger partial charge in [0.25, 0.3) is 5.91 Å². The van der Waals surface area contributed by atoms with Gasteiger partial charge in [-0.25, -0.2) is 0 Å². The SMILES string of the molecule is CC1CCC(C(C)C)C(O[C@@H]2C(=O)N[C@@H]2c2ccccc2)C1. The Hall–Kier alpha value is -1.35. The molecule has 3 heteroatoms. The molecule has 3 nitrogen and oxygen atoms in total. The van der Waals surface area contributed by atoms with Crippen LogP contribution in [0.15, 0.2) is 30.3 Å². The molecule has 0 spiro atoms. The lowest BCUT2D eigenvalue weighted by molar-refractivity contribution is -0.164. The molecule has 0 radical (unpaired) electrons. The summed E-state index contributed by atoms with van der Waals surface area (Å²) in [7, 11) is 0. The van der Waals surface area contributed by atoms with E-state index in [9.17, 15) is 4.79 Å². The minimum Gasteiger partial charge on any atom is -0.362 e. The highest BCUT2D eigenvalue weighted by atomic mass is 16.5. The van der Waals surface area contributed by atoms with E-state index in [2.05, 4.69) is 38.2 Å². The van der Waals surface area contributed by atoms with Crippen molar-refractivity contribution in [2.24, 2.45) is 17.8 Å². The highest BCUT2D eigenvalue weighted by Crippen LogP contribution is 2.38.